The van der Waals surface area contributed by atoms with Gasteiger partial charge in [0.25, 0.3) is 0 Å². The third-order valence-corrected chi connectivity index (χ3v) is 6.26. The van der Waals surface area contributed by atoms with Gasteiger partial charge in [-0.2, -0.15) is 0 Å². The molecule has 3 amide bonds. The molecule has 2 fully saturated rings. The quantitative estimate of drug-likeness (QED) is 0.690. The number of nitrogens with one attached hydrogen (secondary N) is 1. The zero-order valence-corrected chi connectivity index (χ0v) is 18.1. The predicted octanol–water partition coefficient (Wildman–Crippen LogP) is 1.81. The van der Waals surface area contributed by atoms with E-state index in [2.05, 4.69) is 10.3 Å². The Bertz CT molecular complexity index is 963. The van der Waals surface area contributed by atoms with Crippen molar-refractivity contribution in [1.29, 1.82) is 0 Å². The molecular weight excluding hydrogens is 406 g/mol. The largest absolute Gasteiger partial charge is 0.369 e. The third-order valence-electron chi connectivity index (χ3n) is 6.26. The third kappa shape index (κ3) is 5.25. The molecular formula is C24H29N5O3. The molecule has 0 aliphatic carbocycles. The minimum atomic E-state index is -0.364. The lowest BCUT2D eigenvalue weighted by Gasteiger charge is -2.32. The van der Waals surface area contributed by atoms with E-state index >= 15 is 0 Å². The van der Waals surface area contributed by atoms with E-state index in [1.54, 1.807) is 17.2 Å². The Morgan fingerprint density at radius 3 is 2.62 bits per heavy atom. The molecule has 2 saturated heterocycles. The summed E-state index contributed by atoms with van der Waals surface area (Å²) < 4.78 is 0. The summed E-state index contributed by atoms with van der Waals surface area (Å²) in [6, 6.07) is 13.7. The number of amides is 3. The number of hydrogen-bond acceptors (Lipinski definition) is 5. The fraction of sp³-hybridized carbons (Fsp3) is 0.417. The molecule has 1 aromatic heterocycles. The van der Waals surface area contributed by atoms with E-state index in [1.807, 2.05) is 41.3 Å². The maximum Gasteiger partial charge on any atom is 0.229 e. The van der Waals surface area contributed by atoms with E-state index < -0.39 is 0 Å². The number of carbonyl (C=O) groups excluding carboxylic acids is 3. The van der Waals surface area contributed by atoms with Crippen LogP contribution in [0.5, 0.6) is 0 Å². The van der Waals surface area contributed by atoms with Gasteiger partial charge in [-0.15, -0.1) is 0 Å². The van der Waals surface area contributed by atoms with E-state index in [0.29, 0.717) is 25.3 Å². The number of primary amides is 1. The van der Waals surface area contributed by atoms with Crippen LogP contribution in [0.3, 0.4) is 0 Å². The number of piperidine rings is 1. The van der Waals surface area contributed by atoms with E-state index in [9.17, 15) is 14.4 Å². The summed E-state index contributed by atoms with van der Waals surface area (Å²) in [6.45, 7) is 2.44. The zero-order chi connectivity index (χ0) is 22.5. The van der Waals surface area contributed by atoms with Crippen molar-refractivity contribution in [3.63, 3.8) is 0 Å². The van der Waals surface area contributed by atoms with Crippen molar-refractivity contribution in [2.24, 2.45) is 17.6 Å². The highest BCUT2D eigenvalue weighted by Gasteiger charge is 2.34. The summed E-state index contributed by atoms with van der Waals surface area (Å²) in [5, 5.41) is 2.88. The van der Waals surface area contributed by atoms with Crippen LogP contribution in [0, 0.1) is 11.8 Å². The van der Waals surface area contributed by atoms with Crippen molar-refractivity contribution in [2.75, 3.05) is 36.4 Å². The van der Waals surface area contributed by atoms with Crippen molar-refractivity contribution in [3.05, 3.63) is 54.2 Å². The molecule has 0 spiro atoms. The Balaban J connectivity index is 1.29. The maximum atomic E-state index is 12.7. The second-order valence-electron chi connectivity index (χ2n) is 8.56. The Hall–Kier alpha value is -3.42. The molecule has 168 valence electrons. The number of aromatic nitrogens is 1. The van der Waals surface area contributed by atoms with Crippen molar-refractivity contribution in [1.82, 2.24) is 9.88 Å². The number of benzene rings is 1. The maximum absolute atomic E-state index is 12.7. The van der Waals surface area contributed by atoms with Crippen LogP contribution in [0.2, 0.25) is 0 Å². The number of nitrogens with zero attached hydrogens (tertiary/aromatic N) is 3. The zero-order valence-electron chi connectivity index (χ0n) is 18.1. The van der Waals surface area contributed by atoms with Gasteiger partial charge < -0.3 is 20.9 Å². The highest BCUT2D eigenvalue weighted by Crippen LogP contribution is 2.24. The highest BCUT2D eigenvalue weighted by atomic mass is 16.2. The lowest BCUT2D eigenvalue weighted by Crippen LogP contribution is -2.41. The van der Waals surface area contributed by atoms with Gasteiger partial charge in [0, 0.05) is 32.6 Å². The van der Waals surface area contributed by atoms with Gasteiger partial charge in [0.2, 0.25) is 17.7 Å². The first-order valence-corrected chi connectivity index (χ1v) is 11.1. The lowest BCUT2D eigenvalue weighted by molar-refractivity contribution is -0.128. The lowest BCUT2D eigenvalue weighted by atomic mass is 9.97. The van der Waals surface area contributed by atoms with Gasteiger partial charge in [0.05, 0.1) is 23.7 Å². The molecule has 1 aromatic carbocycles. The Kier molecular flexibility index (Phi) is 6.68. The molecule has 0 saturated carbocycles. The molecule has 8 nitrogen and oxygen atoms in total. The Morgan fingerprint density at radius 1 is 1.09 bits per heavy atom. The number of rotatable bonds is 7. The van der Waals surface area contributed by atoms with Gasteiger partial charge in [-0.3, -0.25) is 14.4 Å². The van der Waals surface area contributed by atoms with Crippen LogP contribution in [0.15, 0.2) is 48.7 Å². The first-order chi connectivity index (χ1) is 15.5. The van der Waals surface area contributed by atoms with Crippen LogP contribution < -0.4 is 16.0 Å². The smallest absolute Gasteiger partial charge is 0.229 e. The highest BCUT2D eigenvalue weighted by molar-refractivity contribution is 5.97. The molecule has 32 heavy (non-hydrogen) atoms. The summed E-state index contributed by atoms with van der Waals surface area (Å²) >= 11 is 0. The van der Waals surface area contributed by atoms with Crippen LogP contribution in [0.25, 0.3) is 0 Å². The Labute approximate surface area is 187 Å². The topological polar surface area (TPSA) is 109 Å². The van der Waals surface area contributed by atoms with Crippen LogP contribution in [0.4, 0.5) is 11.5 Å². The van der Waals surface area contributed by atoms with Gasteiger partial charge >= 0.3 is 0 Å². The number of carbonyl (C=O) groups is 3. The van der Waals surface area contributed by atoms with Gasteiger partial charge in [0.1, 0.15) is 5.82 Å². The van der Waals surface area contributed by atoms with E-state index in [4.69, 9.17) is 5.73 Å². The SMILES string of the molecule is NC(=O)C1CCCN(c2ccc(NC(=O)C3CC(=O)N(CCc4ccccc4)C3)cn2)C1. The van der Waals surface area contributed by atoms with Crippen LogP contribution in [-0.2, 0) is 20.8 Å². The minimum absolute atomic E-state index is 0.0173. The minimum Gasteiger partial charge on any atom is -0.369 e. The summed E-state index contributed by atoms with van der Waals surface area (Å²) in [7, 11) is 0. The second-order valence-corrected chi connectivity index (χ2v) is 8.56. The molecule has 3 N–H and O–H groups in total. The number of likely N-dealkylation sites (tertiary alicyclic amines) is 1. The van der Waals surface area contributed by atoms with Gasteiger partial charge in [0.15, 0.2) is 0 Å². The molecule has 0 radical (unpaired) electrons. The first-order valence-electron chi connectivity index (χ1n) is 11.1. The van der Waals surface area contributed by atoms with E-state index in [1.165, 1.54) is 5.56 Å². The molecule has 2 unspecified atom stereocenters. The molecule has 0 bridgehead atoms. The van der Waals surface area contributed by atoms with Crippen molar-refractivity contribution in [3.8, 4) is 0 Å². The summed E-state index contributed by atoms with van der Waals surface area (Å²) in [4.78, 5) is 44.8. The van der Waals surface area contributed by atoms with Gasteiger partial charge in [-0.1, -0.05) is 30.3 Å². The first kappa shape index (κ1) is 21.8. The number of nitrogens with two attached hydrogens (primary N) is 1. The molecule has 2 aliphatic rings. The number of anilines is 2. The molecule has 4 rings (SSSR count). The number of pyridine rings is 1. The normalized spacial score (nSPS) is 20.9. The van der Waals surface area contributed by atoms with Crippen molar-refractivity contribution >= 4 is 29.2 Å². The fourth-order valence-electron chi connectivity index (χ4n) is 4.38. The summed E-state index contributed by atoms with van der Waals surface area (Å²) in [6.07, 6.45) is 4.32. The molecule has 2 aromatic rings. The van der Waals surface area contributed by atoms with E-state index in [-0.39, 0.29) is 36.0 Å². The summed E-state index contributed by atoms with van der Waals surface area (Å²) in [5.41, 5.74) is 7.22. The van der Waals surface area contributed by atoms with Gasteiger partial charge in [-0.25, -0.2) is 4.98 Å². The van der Waals surface area contributed by atoms with Crippen LogP contribution >= 0.6 is 0 Å². The average Bonchev–Trinajstić information content (AvgIpc) is 3.19. The van der Waals surface area contributed by atoms with Crippen molar-refractivity contribution in [2.45, 2.75) is 25.7 Å². The molecule has 8 heteroatoms. The predicted molar refractivity (Wildman–Crippen MR) is 122 cm³/mol. The van der Waals surface area contributed by atoms with Crippen LogP contribution in [-0.4, -0.2) is 53.8 Å². The second kappa shape index (κ2) is 9.80. The van der Waals surface area contributed by atoms with E-state index in [0.717, 1.165) is 31.6 Å². The summed E-state index contributed by atoms with van der Waals surface area (Å²) in [5.74, 6) is -0.184. The Morgan fingerprint density at radius 2 is 1.91 bits per heavy atom. The van der Waals surface area contributed by atoms with Crippen LogP contribution in [0.1, 0.15) is 24.8 Å². The monoisotopic (exact) mass is 435 g/mol. The standard InChI is InChI=1S/C24H29N5O3/c25-23(31)18-7-4-11-28(15-18)21-9-8-20(14-26-21)27-24(32)19-13-22(30)29(16-19)12-10-17-5-2-1-3-6-17/h1-3,5-6,8-9,14,18-19H,4,7,10-13,15-16H2,(H2,25,31)(H,27,32). The number of hydrogen-bond donors (Lipinski definition) is 2. The average molecular weight is 436 g/mol. The van der Waals surface area contributed by atoms with Gasteiger partial charge in [-0.05, 0) is 37.0 Å². The molecule has 3 heterocycles. The fourth-order valence-corrected chi connectivity index (χ4v) is 4.38. The molecule has 2 aliphatic heterocycles. The van der Waals surface area contributed by atoms with Crippen molar-refractivity contribution < 1.29 is 14.4 Å². The molecule has 2 atom stereocenters.